The number of morpholine rings is 1. The number of alkyl halides is 3. The van der Waals surface area contributed by atoms with Crippen molar-refractivity contribution in [3.05, 3.63) is 34.4 Å². The molecular weight excluding hydrogens is 379 g/mol. The van der Waals surface area contributed by atoms with Crippen LogP contribution in [-0.2, 0) is 17.8 Å². The molecule has 0 bridgehead atoms. The zero-order chi connectivity index (χ0) is 19.9. The molecule has 2 unspecified atom stereocenters. The van der Waals surface area contributed by atoms with E-state index in [4.69, 9.17) is 9.26 Å². The Bertz CT molecular complexity index is 883. The molecule has 0 saturated carbocycles. The van der Waals surface area contributed by atoms with Crippen molar-refractivity contribution in [2.75, 3.05) is 29.6 Å². The average Bonchev–Trinajstić information content (AvgIpc) is 3.14. The fourth-order valence-electron chi connectivity index (χ4n) is 3.69. The van der Waals surface area contributed by atoms with E-state index in [1.54, 1.807) is 0 Å². The molecule has 0 aliphatic carbocycles. The highest BCUT2D eigenvalue weighted by Crippen LogP contribution is 2.35. The first-order valence-electron chi connectivity index (χ1n) is 9.04. The van der Waals surface area contributed by atoms with Crippen molar-refractivity contribution in [3.8, 4) is 0 Å². The van der Waals surface area contributed by atoms with Gasteiger partial charge < -0.3 is 19.1 Å². The second kappa shape index (κ2) is 7.12. The molecule has 0 aromatic carbocycles. The number of halogens is 3. The quantitative estimate of drug-likeness (QED) is 0.779. The summed E-state index contributed by atoms with van der Waals surface area (Å²) in [7, 11) is 0. The van der Waals surface area contributed by atoms with Crippen LogP contribution in [0.5, 0.6) is 0 Å². The minimum Gasteiger partial charge on any atom is -0.377 e. The molecule has 8 nitrogen and oxygen atoms in total. The summed E-state index contributed by atoms with van der Waals surface area (Å²) in [5, 5.41) is 3.56. The lowest BCUT2D eigenvalue weighted by molar-refractivity contribution is -0.153. The van der Waals surface area contributed by atoms with Crippen molar-refractivity contribution in [3.63, 3.8) is 0 Å². The predicted molar refractivity (Wildman–Crippen MR) is 93.3 cm³/mol. The van der Waals surface area contributed by atoms with E-state index in [-0.39, 0.29) is 42.8 Å². The topological polar surface area (TPSA) is 76.6 Å². The summed E-state index contributed by atoms with van der Waals surface area (Å²) < 4.78 is 52.8. The molecule has 2 aliphatic heterocycles. The molecule has 2 aromatic heterocycles. The third-order valence-corrected chi connectivity index (χ3v) is 5.09. The number of aromatic nitrogens is 3. The first-order valence-corrected chi connectivity index (χ1v) is 9.04. The Labute approximate surface area is 158 Å². The van der Waals surface area contributed by atoms with Gasteiger partial charge in [0.2, 0.25) is 5.95 Å². The van der Waals surface area contributed by atoms with Crippen LogP contribution < -0.4 is 15.4 Å². The highest BCUT2D eigenvalue weighted by Gasteiger charge is 2.47. The minimum absolute atomic E-state index is 0.00818. The molecule has 0 N–H and O–H groups in total. The van der Waals surface area contributed by atoms with E-state index < -0.39 is 12.2 Å². The van der Waals surface area contributed by atoms with Gasteiger partial charge in [-0.05, 0) is 13.3 Å². The molecule has 0 spiro atoms. The van der Waals surface area contributed by atoms with E-state index >= 15 is 0 Å². The fourth-order valence-corrected chi connectivity index (χ4v) is 3.69. The number of hydrogen-bond donors (Lipinski definition) is 0. The van der Waals surface area contributed by atoms with Crippen molar-refractivity contribution in [1.82, 2.24) is 14.7 Å². The molecule has 0 radical (unpaired) electrons. The number of ether oxygens (including phenoxy) is 1. The van der Waals surface area contributed by atoms with Crippen LogP contribution in [0.25, 0.3) is 0 Å². The van der Waals surface area contributed by atoms with Gasteiger partial charge >= 0.3 is 6.18 Å². The highest BCUT2D eigenvalue weighted by molar-refractivity contribution is 5.47. The largest absolute Gasteiger partial charge is 0.408 e. The lowest BCUT2D eigenvalue weighted by Gasteiger charge is -2.40. The second-order valence-corrected chi connectivity index (χ2v) is 6.97. The molecule has 2 aliphatic rings. The smallest absolute Gasteiger partial charge is 0.377 e. The molecule has 0 amide bonds. The molecule has 152 valence electrons. The lowest BCUT2D eigenvalue weighted by atomic mass is 10.1. The Morgan fingerprint density at radius 1 is 1.32 bits per heavy atom. The zero-order valence-corrected chi connectivity index (χ0v) is 15.2. The van der Waals surface area contributed by atoms with Gasteiger partial charge in [0.15, 0.2) is 5.76 Å². The lowest BCUT2D eigenvalue weighted by Crippen LogP contribution is -2.52. The van der Waals surface area contributed by atoms with Crippen LogP contribution in [0.2, 0.25) is 0 Å². The van der Waals surface area contributed by atoms with Gasteiger partial charge in [-0.25, -0.2) is 0 Å². The van der Waals surface area contributed by atoms with Crippen LogP contribution in [0.1, 0.15) is 19.1 Å². The number of nitrogens with zero attached hydrogens (tertiary/aromatic N) is 5. The predicted octanol–water partition coefficient (Wildman–Crippen LogP) is 1.80. The third-order valence-electron chi connectivity index (χ3n) is 5.09. The molecular formula is C17H20F3N5O3. The summed E-state index contributed by atoms with van der Waals surface area (Å²) >= 11 is 0. The number of hydrogen-bond acceptors (Lipinski definition) is 7. The molecule has 1 saturated heterocycles. The van der Waals surface area contributed by atoms with E-state index in [1.165, 1.54) is 22.9 Å². The first kappa shape index (κ1) is 18.8. The Morgan fingerprint density at radius 2 is 2.14 bits per heavy atom. The summed E-state index contributed by atoms with van der Waals surface area (Å²) in [6.07, 6.45) is -3.33. The van der Waals surface area contributed by atoms with Gasteiger partial charge in [-0.1, -0.05) is 5.16 Å². The van der Waals surface area contributed by atoms with Crippen LogP contribution >= 0.6 is 0 Å². The molecule has 11 heteroatoms. The van der Waals surface area contributed by atoms with Crippen LogP contribution in [0.15, 0.2) is 27.6 Å². The van der Waals surface area contributed by atoms with E-state index in [0.29, 0.717) is 25.6 Å². The normalized spacial score (nSPS) is 23.0. The third kappa shape index (κ3) is 3.46. The Kier molecular flexibility index (Phi) is 4.77. The average molecular weight is 399 g/mol. The van der Waals surface area contributed by atoms with E-state index in [0.717, 1.165) is 4.90 Å². The molecule has 4 rings (SSSR count). The molecule has 28 heavy (non-hydrogen) atoms. The Morgan fingerprint density at radius 3 is 2.82 bits per heavy atom. The van der Waals surface area contributed by atoms with Gasteiger partial charge in [0, 0.05) is 25.2 Å². The summed E-state index contributed by atoms with van der Waals surface area (Å²) in [5.41, 5.74) is -0.373. The van der Waals surface area contributed by atoms with Crippen molar-refractivity contribution in [1.29, 1.82) is 0 Å². The van der Waals surface area contributed by atoms with Gasteiger partial charge in [-0.2, -0.15) is 18.2 Å². The maximum absolute atomic E-state index is 13.7. The SMILES string of the molecule is CC1COCCN1c1cc(=O)n2c(n1)N(Cc1ccno1)C(C(F)(F)F)CC2. The van der Waals surface area contributed by atoms with E-state index in [9.17, 15) is 18.0 Å². The summed E-state index contributed by atoms with van der Waals surface area (Å²) in [6, 6.07) is 1.08. The van der Waals surface area contributed by atoms with Gasteiger partial charge in [0.05, 0.1) is 32.0 Å². The van der Waals surface area contributed by atoms with Gasteiger partial charge in [-0.15, -0.1) is 0 Å². The monoisotopic (exact) mass is 399 g/mol. The molecule has 2 aromatic rings. The maximum atomic E-state index is 13.7. The highest BCUT2D eigenvalue weighted by atomic mass is 19.4. The number of fused-ring (bicyclic) bond motifs is 1. The van der Waals surface area contributed by atoms with Crippen molar-refractivity contribution in [2.45, 2.75) is 44.7 Å². The summed E-state index contributed by atoms with van der Waals surface area (Å²) in [4.78, 5) is 20.1. The van der Waals surface area contributed by atoms with E-state index in [1.807, 2.05) is 11.8 Å². The van der Waals surface area contributed by atoms with Crippen molar-refractivity contribution >= 4 is 11.8 Å². The van der Waals surface area contributed by atoms with Crippen LogP contribution in [0.4, 0.5) is 24.9 Å². The molecule has 1 fully saturated rings. The summed E-state index contributed by atoms with van der Waals surface area (Å²) in [5.74, 6) is 0.616. The number of anilines is 2. The Balaban J connectivity index is 1.78. The minimum atomic E-state index is -4.47. The van der Waals surface area contributed by atoms with Crippen LogP contribution in [0, 0.1) is 0 Å². The van der Waals surface area contributed by atoms with Gasteiger partial charge in [0.1, 0.15) is 11.9 Å². The van der Waals surface area contributed by atoms with Crippen molar-refractivity contribution < 1.29 is 22.4 Å². The zero-order valence-electron chi connectivity index (χ0n) is 15.2. The molecule has 2 atom stereocenters. The number of rotatable bonds is 3. The fraction of sp³-hybridized carbons (Fsp3) is 0.588. The van der Waals surface area contributed by atoms with Gasteiger partial charge in [-0.3, -0.25) is 9.36 Å². The van der Waals surface area contributed by atoms with Crippen LogP contribution in [0.3, 0.4) is 0 Å². The maximum Gasteiger partial charge on any atom is 0.408 e. The Hall–Kier alpha value is -2.56. The van der Waals surface area contributed by atoms with Crippen LogP contribution in [-0.4, -0.2) is 52.7 Å². The summed E-state index contributed by atoms with van der Waals surface area (Å²) in [6.45, 7) is 3.14. The molecule has 4 heterocycles. The van der Waals surface area contributed by atoms with Crippen molar-refractivity contribution in [2.24, 2.45) is 0 Å². The van der Waals surface area contributed by atoms with Gasteiger partial charge in [0.25, 0.3) is 5.56 Å². The second-order valence-electron chi connectivity index (χ2n) is 6.97. The van der Waals surface area contributed by atoms with E-state index in [2.05, 4.69) is 10.1 Å². The standard InChI is InChI=1S/C17H20F3N5O3/c1-11-10-27-7-6-23(11)14-8-15(26)24-5-3-13(17(18,19)20)25(16(24)22-14)9-12-2-4-21-28-12/h2,4,8,11,13H,3,5-7,9-10H2,1H3. The first-order chi connectivity index (χ1) is 13.3.